The molecular formula is C21H27NO. The van der Waals surface area contributed by atoms with E-state index in [-0.39, 0.29) is 5.91 Å². The highest BCUT2D eigenvalue weighted by Gasteiger charge is 2.09. The molecule has 2 aromatic rings. The van der Waals surface area contributed by atoms with Gasteiger partial charge < -0.3 is 5.32 Å². The monoisotopic (exact) mass is 309 g/mol. The molecule has 0 aliphatic carbocycles. The van der Waals surface area contributed by atoms with Crippen LogP contribution in [0.5, 0.6) is 0 Å². The molecule has 1 N–H and O–H groups in total. The van der Waals surface area contributed by atoms with Crippen molar-refractivity contribution >= 4 is 11.6 Å². The average Bonchev–Trinajstić information content (AvgIpc) is 2.49. The molecule has 1 amide bonds. The molecule has 0 saturated carbocycles. The molecule has 0 spiro atoms. The van der Waals surface area contributed by atoms with Crippen molar-refractivity contribution in [2.45, 2.75) is 53.4 Å². The van der Waals surface area contributed by atoms with E-state index in [9.17, 15) is 4.79 Å². The standard InChI is InChI=1S/C21H27NO/c1-14(2)19-9-6-18(7-10-19)8-11-20(23)22-21-16(4)12-15(3)13-17(21)5/h6-7,9-10,12-14H,8,11H2,1-5H3,(H,22,23). The van der Waals surface area contributed by atoms with E-state index < -0.39 is 0 Å². The van der Waals surface area contributed by atoms with Crippen LogP contribution >= 0.6 is 0 Å². The Kier molecular flexibility index (Phi) is 5.59. The molecule has 0 aliphatic rings. The highest BCUT2D eigenvalue weighted by atomic mass is 16.1. The van der Waals surface area contributed by atoms with Crippen molar-refractivity contribution in [3.8, 4) is 0 Å². The van der Waals surface area contributed by atoms with E-state index in [0.29, 0.717) is 12.3 Å². The van der Waals surface area contributed by atoms with Crippen molar-refractivity contribution in [2.75, 3.05) is 5.32 Å². The van der Waals surface area contributed by atoms with Gasteiger partial charge in [-0.3, -0.25) is 4.79 Å². The minimum absolute atomic E-state index is 0.0768. The molecule has 2 heteroatoms. The molecule has 0 heterocycles. The Morgan fingerprint density at radius 2 is 1.57 bits per heavy atom. The van der Waals surface area contributed by atoms with Gasteiger partial charge in [0.05, 0.1) is 0 Å². The first-order valence-corrected chi connectivity index (χ1v) is 8.33. The summed E-state index contributed by atoms with van der Waals surface area (Å²) in [5.41, 5.74) is 6.97. The van der Waals surface area contributed by atoms with Crippen LogP contribution in [0, 0.1) is 20.8 Å². The van der Waals surface area contributed by atoms with Crippen molar-refractivity contribution in [1.82, 2.24) is 0 Å². The zero-order chi connectivity index (χ0) is 17.0. The number of aryl methyl sites for hydroxylation is 4. The van der Waals surface area contributed by atoms with E-state index in [1.54, 1.807) is 0 Å². The molecule has 2 rings (SSSR count). The summed E-state index contributed by atoms with van der Waals surface area (Å²) in [7, 11) is 0. The second kappa shape index (κ2) is 7.45. The van der Waals surface area contributed by atoms with Crippen LogP contribution in [0.4, 0.5) is 5.69 Å². The Hall–Kier alpha value is -2.09. The van der Waals surface area contributed by atoms with Gasteiger partial charge in [-0.05, 0) is 55.4 Å². The maximum atomic E-state index is 12.2. The number of anilines is 1. The van der Waals surface area contributed by atoms with Crippen LogP contribution in [0.25, 0.3) is 0 Å². The molecule has 2 aromatic carbocycles. The molecule has 0 aliphatic heterocycles. The fourth-order valence-corrected chi connectivity index (χ4v) is 2.91. The highest BCUT2D eigenvalue weighted by Crippen LogP contribution is 2.22. The Labute approximate surface area is 139 Å². The summed E-state index contributed by atoms with van der Waals surface area (Å²) in [4.78, 5) is 12.2. The predicted molar refractivity (Wildman–Crippen MR) is 98.1 cm³/mol. The van der Waals surface area contributed by atoms with Gasteiger partial charge >= 0.3 is 0 Å². The molecule has 2 nitrogen and oxygen atoms in total. The van der Waals surface area contributed by atoms with Crippen LogP contribution in [-0.2, 0) is 11.2 Å². The van der Waals surface area contributed by atoms with E-state index in [1.807, 2.05) is 13.8 Å². The maximum Gasteiger partial charge on any atom is 0.224 e. The topological polar surface area (TPSA) is 29.1 Å². The first kappa shape index (κ1) is 17.3. The predicted octanol–water partition coefficient (Wildman–Crippen LogP) is 5.31. The third-order valence-corrected chi connectivity index (χ3v) is 4.23. The number of nitrogens with one attached hydrogen (secondary N) is 1. The summed E-state index contributed by atoms with van der Waals surface area (Å²) in [6, 6.07) is 12.8. The number of carbonyl (C=O) groups excluding carboxylic acids is 1. The third kappa shape index (κ3) is 4.69. The van der Waals surface area contributed by atoms with Crippen LogP contribution < -0.4 is 5.32 Å². The average molecular weight is 309 g/mol. The first-order valence-electron chi connectivity index (χ1n) is 8.33. The Bertz CT molecular complexity index is 660. The van der Waals surface area contributed by atoms with Crippen molar-refractivity contribution in [1.29, 1.82) is 0 Å². The van der Waals surface area contributed by atoms with E-state index in [2.05, 4.69) is 62.5 Å². The number of carbonyl (C=O) groups is 1. The Balaban J connectivity index is 1.95. The molecule has 122 valence electrons. The summed E-state index contributed by atoms with van der Waals surface area (Å²) in [6.45, 7) is 10.5. The van der Waals surface area contributed by atoms with Crippen LogP contribution in [0.1, 0.15) is 54.0 Å². The van der Waals surface area contributed by atoms with Crippen molar-refractivity contribution in [2.24, 2.45) is 0 Å². The minimum atomic E-state index is 0.0768. The lowest BCUT2D eigenvalue weighted by atomic mass is 10.00. The van der Waals surface area contributed by atoms with Crippen LogP contribution in [0.15, 0.2) is 36.4 Å². The van der Waals surface area contributed by atoms with Gasteiger partial charge in [0.2, 0.25) is 5.91 Å². The largest absolute Gasteiger partial charge is 0.326 e. The summed E-state index contributed by atoms with van der Waals surface area (Å²) in [5.74, 6) is 0.618. The number of hydrogen-bond donors (Lipinski definition) is 1. The fraction of sp³-hybridized carbons (Fsp3) is 0.381. The molecule has 23 heavy (non-hydrogen) atoms. The lowest BCUT2D eigenvalue weighted by Gasteiger charge is -2.13. The van der Waals surface area contributed by atoms with Gasteiger partial charge in [-0.15, -0.1) is 0 Å². The third-order valence-electron chi connectivity index (χ3n) is 4.23. The SMILES string of the molecule is Cc1cc(C)c(NC(=O)CCc2ccc(C(C)C)cc2)c(C)c1. The molecule has 0 aromatic heterocycles. The molecule has 0 bridgehead atoms. The first-order chi connectivity index (χ1) is 10.9. The number of amides is 1. The van der Waals surface area contributed by atoms with E-state index in [4.69, 9.17) is 0 Å². The maximum absolute atomic E-state index is 12.2. The normalized spacial score (nSPS) is 10.9. The molecule has 0 radical (unpaired) electrons. The number of benzene rings is 2. The molecule has 0 saturated heterocycles. The molecular weight excluding hydrogens is 282 g/mol. The van der Waals surface area contributed by atoms with Gasteiger partial charge in [0.25, 0.3) is 0 Å². The smallest absolute Gasteiger partial charge is 0.224 e. The lowest BCUT2D eigenvalue weighted by Crippen LogP contribution is -2.14. The second-order valence-corrected chi connectivity index (χ2v) is 6.72. The Morgan fingerprint density at radius 3 is 2.09 bits per heavy atom. The fourth-order valence-electron chi connectivity index (χ4n) is 2.91. The number of hydrogen-bond acceptors (Lipinski definition) is 1. The van der Waals surface area contributed by atoms with Crippen molar-refractivity contribution in [3.05, 3.63) is 64.2 Å². The molecule has 0 unspecified atom stereocenters. The van der Waals surface area contributed by atoms with Crippen molar-refractivity contribution in [3.63, 3.8) is 0 Å². The van der Waals surface area contributed by atoms with E-state index in [0.717, 1.165) is 23.2 Å². The quantitative estimate of drug-likeness (QED) is 0.797. The van der Waals surface area contributed by atoms with E-state index in [1.165, 1.54) is 16.7 Å². The highest BCUT2D eigenvalue weighted by molar-refractivity contribution is 5.92. The molecule has 0 atom stereocenters. The van der Waals surface area contributed by atoms with Crippen LogP contribution in [0.3, 0.4) is 0 Å². The Morgan fingerprint density at radius 1 is 1.00 bits per heavy atom. The van der Waals surface area contributed by atoms with Gasteiger partial charge in [0, 0.05) is 12.1 Å². The minimum Gasteiger partial charge on any atom is -0.326 e. The van der Waals surface area contributed by atoms with Crippen molar-refractivity contribution < 1.29 is 4.79 Å². The molecule has 0 fully saturated rings. The van der Waals surface area contributed by atoms with Gasteiger partial charge in [0.15, 0.2) is 0 Å². The zero-order valence-electron chi connectivity index (χ0n) is 14.9. The zero-order valence-corrected chi connectivity index (χ0v) is 14.9. The van der Waals surface area contributed by atoms with Crippen LogP contribution in [0.2, 0.25) is 0 Å². The van der Waals surface area contributed by atoms with Crippen LogP contribution in [-0.4, -0.2) is 5.91 Å². The lowest BCUT2D eigenvalue weighted by molar-refractivity contribution is -0.116. The summed E-state index contributed by atoms with van der Waals surface area (Å²) >= 11 is 0. The van der Waals surface area contributed by atoms with Gasteiger partial charge in [-0.25, -0.2) is 0 Å². The summed E-state index contributed by atoms with van der Waals surface area (Å²) in [5, 5.41) is 3.07. The van der Waals surface area contributed by atoms with Gasteiger partial charge in [0.1, 0.15) is 0 Å². The summed E-state index contributed by atoms with van der Waals surface area (Å²) < 4.78 is 0. The second-order valence-electron chi connectivity index (χ2n) is 6.72. The van der Waals surface area contributed by atoms with Gasteiger partial charge in [-0.1, -0.05) is 55.8 Å². The van der Waals surface area contributed by atoms with Gasteiger partial charge in [-0.2, -0.15) is 0 Å². The van der Waals surface area contributed by atoms with E-state index >= 15 is 0 Å². The number of rotatable bonds is 5. The summed E-state index contributed by atoms with van der Waals surface area (Å²) in [6.07, 6.45) is 1.28.